The summed E-state index contributed by atoms with van der Waals surface area (Å²) in [7, 11) is 0. The summed E-state index contributed by atoms with van der Waals surface area (Å²) in [5.41, 5.74) is 0.756. The van der Waals surface area contributed by atoms with Crippen molar-refractivity contribution in [1.82, 2.24) is 10.6 Å². The van der Waals surface area contributed by atoms with Crippen LogP contribution in [-0.2, 0) is 6.54 Å². The first-order chi connectivity index (χ1) is 11.5. The summed E-state index contributed by atoms with van der Waals surface area (Å²) in [6, 6.07) is 2.53. The molecule has 1 fully saturated rings. The van der Waals surface area contributed by atoms with E-state index in [0.29, 0.717) is 29.0 Å². The van der Waals surface area contributed by atoms with E-state index in [0.717, 1.165) is 6.42 Å². The zero-order chi connectivity index (χ0) is 17.2. The van der Waals surface area contributed by atoms with Gasteiger partial charge in [0.25, 0.3) is 0 Å². The lowest BCUT2D eigenvalue weighted by Gasteiger charge is -2.14. The molecule has 2 aliphatic rings. The van der Waals surface area contributed by atoms with Gasteiger partial charge in [0.05, 0.1) is 0 Å². The second-order valence-corrected chi connectivity index (χ2v) is 6.36. The summed E-state index contributed by atoms with van der Waals surface area (Å²) >= 11 is 0. The van der Waals surface area contributed by atoms with E-state index in [-0.39, 0.29) is 25.1 Å². The maximum Gasteiger partial charge on any atom is 0.387 e. The molecule has 6 nitrogen and oxygen atoms in total. The maximum absolute atomic E-state index is 12.5. The zero-order valence-corrected chi connectivity index (χ0v) is 13.4. The fraction of sp³-hybridized carbons (Fsp3) is 0.562. The molecule has 8 heteroatoms. The van der Waals surface area contributed by atoms with E-state index in [1.807, 2.05) is 0 Å². The number of hydrogen-bond acceptors (Lipinski definition) is 4. The quantitative estimate of drug-likeness (QED) is 0.799. The third kappa shape index (κ3) is 4.18. The molecule has 2 N–H and O–H groups in total. The highest BCUT2D eigenvalue weighted by molar-refractivity contribution is 5.74. The molecule has 0 saturated heterocycles. The average molecular weight is 342 g/mol. The normalized spacial score (nSPS) is 16.8. The van der Waals surface area contributed by atoms with Crippen LogP contribution in [0.4, 0.5) is 13.6 Å². The number of amides is 2. The van der Waals surface area contributed by atoms with Crippen LogP contribution in [0.5, 0.6) is 17.2 Å². The summed E-state index contributed by atoms with van der Waals surface area (Å²) < 4.78 is 39.9. The van der Waals surface area contributed by atoms with Crippen LogP contribution in [0.2, 0.25) is 0 Å². The molecule has 1 heterocycles. The summed E-state index contributed by atoms with van der Waals surface area (Å²) in [5.74, 6) is 0.743. The minimum atomic E-state index is -2.96. The number of hydrogen-bond donors (Lipinski definition) is 2. The van der Waals surface area contributed by atoms with Crippen molar-refractivity contribution in [1.29, 1.82) is 0 Å². The molecule has 1 aliphatic carbocycles. The second kappa shape index (κ2) is 6.70. The highest BCUT2D eigenvalue weighted by Gasteiger charge is 2.36. The van der Waals surface area contributed by atoms with Crippen LogP contribution < -0.4 is 24.8 Å². The van der Waals surface area contributed by atoms with E-state index in [1.54, 1.807) is 0 Å². The van der Waals surface area contributed by atoms with Gasteiger partial charge in [-0.05, 0) is 30.7 Å². The molecule has 1 saturated carbocycles. The summed E-state index contributed by atoms with van der Waals surface area (Å²) in [5, 5.41) is 5.41. The topological polar surface area (TPSA) is 68.8 Å². The summed E-state index contributed by atoms with van der Waals surface area (Å²) in [6.45, 7) is -0.115. The molecule has 1 aromatic carbocycles. The summed E-state index contributed by atoms with van der Waals surface area (Å²) in [4.78, 5) is 11.8. The molecule has 3 rings (SSSR count). The van der Waals surface area contributed by atoms with E-state index < -0.39 is 6.61 Å². The van der Waals surface area contributed by atoms with Gasteiger partial charge in [-0.25, -0.2) is 4.79 Å². The van der Waals surface area contributed by atoms with Gasteiger partial charge in [-0.1, -0.05) is 6.92 Å². The molecule has 0 radical (unpaired) electrons. The zero-order valence-electron chi connectivity index (χ0n) is 13.4. The van der Waals surface area contributed by atoms with Crippen LogP contribution in [0.1, 0.15) is 31.7 Å². The predicted molar refractivity (Wildman–Crippen MR) is 81.4 cm³/mol. The number of carbonyl (C=O) groups excluding carboxylic acids is 1. The standard InChI is InChI=1S/C16H20F2N2O4/c1-16(2-3-16)4-5-19-15(21)20-8-10-6-12-13(23-9-22-12)7-11(10)24-14(17)18/h6-7,14H,2-5,8-9H2,1H3,(H2,19,20,21). The lowest BCUT2D eigenvalue weighted by molar-refractivity contribution is -0.0505. The number of nitrogens with one attached hydrogen (secondary N) is 2. The molecule has 0 atom stereocenters. The number of ether oxygens (including phenoxy) is 3. The van der Waals surface area contributed by atoms with Gasteiger partial charge in [-0.15, -0.1) is 0 Å². The van der Waals surface area contributed by atoms with Crippen molar-refractivity contribution < 1.29 is 27.8 Å². The molecule has 1 aliphatic heterocycles. The highest BCUT2D eigenvalue weighted by atomic mass is 19.3. The van der Waals surface area contributed by atoms with Gasteiger partial charge >= 0.3 is 12.6 Å². The van der Waals surface area contributed by atoms with Crippen molar-refractivity contribution in [2.45, 2.75) is 39.3 Å². The Morgan fingerprint density at radius 1 is 1.29 bits per heavy atom. The molecule has 0 aromatic heterocycles. The van der Waals surface area contributed by atoms with Gasteiger partial charge in [-0.2, -0.15) is 8.78 Å². The highest BCUT2D eigenvalue weighted by Crippen LogP contribution is 2.47. The number of alkyl halides is 2. The van der Waals surface area contributed by atoms with Crippen molar-refractivity contribution >= 4 is 6.03 Å². The van der Waals surface area contributed by atoms with E-state index in [9.17, 15) is 13.6 Å². The van der Waals surface area contributed by atoms with Crippen molar-refractivity contribution in [3.63, 3.8) is 0 Å². The van der Waals surface area contributed by atoms with Crippen LogP contribution >= 0.6 is 0 Å². The molecular formula is C16H20F2N2O4. The van der Waals surface area contributed by atoms with Gasteiger partial charge in [-0.3, -0.25) is 0 Å². The molecule has 0 bridgehead atoms. The lowest BCUT2D eigenvalue weighted by atomic mass is 10.1. The van der Waals surface area contributed by atoms with Gasteiger partial charge in [0, 0.05) is 24.7 Å². The SMILES string of the molecule is CC1(CCNC(=O)NCc2cc3c(cc2OC(F)F)OCO3)CC1. The molecule has 1 aromatic rings. The fourth-order valence-corrected chi connectivity index (χ4v) is 2.49. The largest absolute Gasteiger partial charge is 0.454 e. The Kier molecular flexibility index (Phi) is 4.64. The van der Waals surface area contributed by atoms with E-state index >= 15 is 0 Å². The smallest absolute Gasteiger partial charge is 0.387 e. The van der Waals surface area contributed by atoms with Crippen molar-refractivity contribution in [3.8, 4) is 17.2 Å². The third-order valence-corrected chi connectivity index (χ3v) is 4.33. The Balaban J connectivity index is 1.55. The van der Waals surface area contributed by atoms with E-state index in [1.165, 1.54) is 25.0 Å². The van der Waals surface area contributed by atoms with Crippen molar-refractivity contribution in [2.75, 3.05) is 13.3 Å². The van der Waals surface area contributed by atoms with E-state index in [2.05, 4.69) is 22.3 Å². The van der Waals surface area contributed by atoms with E-state index in [4.69, 9.17) is 9.47 Å². The maximum atomic E-state index is 12.5. The van der Waals surface area contributed by atoms with Crippen LogP contribution in [0, 0.1) is 5.41 Å². The average Bonchev–Trinajstić information content (AvgIpc) is 3.07. The number of rotatable bonds is 7. The first-order valence-electron chi connectivity index (χ1n) is 7.84. The van der Waals surface area contributed by atoms with Crippen LogP contribution in [-0.4, -0.2) is 26.0 Å². The Labute approximate surface area is 138 Å². The van der Waals surface area contributed by atoms with Gasteiger partial charge in [0.2, 0.25) is 6.79 Å². The Morgan fingerprint density at radius 3 is 2.67 bits per heavy atom. The molecular weight excluding hydrogens is 322 g/mol. The Bertz CT molecular complexity index is 620. The number of halogens is 2. The number of urea groups is 1. The molecule has 24 heavy (non-hydrogen) atoms. The fourth-order valence-electron chi connectivity index (χ4n) is 2.49. The first kappa shape index (κ1) is 16.6. The van der Waals surface area contributed by atoms with Crippen LogP contribution in [0.25, 0.3) is 0 Å². The molecule has 2 amide bonds. The monoisotopic (exact) mass is 342 g/mol. The molecule has 0 spiro atoms. The Morgan fingerprint density at radius 2 is 2.00 bits per heavy atom. The predicted octanol–water partition coefficient (Wildman–Crippen LogP) is 3.01. The minimum absolute atomic E-state index is 0.0274. The van der Waals surface area contributed by atoms with Crippen molar-refractivity contribution in [2.24, 2.45) is 5.41 Å². The Hall–Kier alpha value is -2.25. The molecule has 132 valence electrons. The number of benzene rings is 1. The van der Waals surface area contributed by atoms with Crippen LogP contribution in [0.3, 0.4) is 0 Å². The third-order valence-electron chi connectivity index (χ3n) is 4.33. The van der Waals surface area contributed by atoms with Crippen LogP contribution in [0.15, 0.2) is 12.1 Å². The lowest BCUT2D eigenvalue weighted by Crippen LogP contribution is -2.36. The number of fused-ring (bicyclic) bond motifs is 1. The van der Waals surface area contributed by atoms with Gasteiger partial charge in [0.1, 0.15) is 5.75 Å². The first-order valence-corrected chi connectivity index (χ1v) is 7.84. The van der Waals surface area contributed by atoms with Gasteiger partial charge < -0.3 is 24.8 Å². The van der Waals surface area contributed by atoms with Gasteiger partial charge in [0.15, 0.2) is 11.5 Å². The summed E-state index contributed by atoms with van der Waals surface area (Å²) in [6.07, 6.45) is 3.33. The second-order valence-electron chi connectivity index (χ2n) is 6.36. The molecule has 0 unspecified atom stereocenters. The minimum Gasteiger partial charge on any atom is -0.454 e. The number of carbonyl (C=O) groups is 1. The van der Waals surface area contributed by atoms with Crippen molar-refractivity contribution in [3.05, 3.63) is 17.7 Å².